The minimum atomic E-state index is -4.03. The van der Waals surface area contributed by atoms with Gasteiger partial charge in [0.25, 0.3) is 10.0 Å². The second-order valence-corrected chi connectivity index (χ2v) is 12.7. The maximum atomic E-state index is 16.0. The van der Waals surface area contributed by atoms with E-state index >= 15 is 4.39 Å². The summed E-state index contributed by atoms with van der Waals surface area (Å²) < 4.78 is 65.9. The summed E-state index contributed by atoms with van der Waals surface area (Å²) in [6, 6.07) is 14.3. The molecule has 0 amide bonds. The van der Waals surface area contributed by atoms with Crippen LogP contribution in [0.25, 0.3) is 10.9 Å². The molecule has 0 radical (unpaired) electrons. The summed E-state index contributed by atoms with van der Waals surface area (Å²) in [5, 5.41) is 4.93. The zero-order valence-electron chi connectivity index (χ0n) is 22.9. The van der Waals surface area contributed by atoms with Crippen molar-refractivity contribution in [3.05, 3.63) is 120 Å². The molecule has 5 rings (SSSR count). The summed E-state index contributed by atoms with van der Waals surface area (Å²) in [6.07, 6.45) is 7.52. The van der Waals surface area contributed by atoms with Gasteiger partial charge in [-0.1, -0.05) is 50.3 Å². The molecular weight excluding hydrogens is 578 g/mol. The summed E-state index contributed by atoms with van der Waals surface area (Å²) in [7, 11) is -4.03. The first-order valence-electron chi connectivity index (χ1n) is 13.0. The van der Waals surface area contributed by atoms with Gasteiger partial charge in [-0.15, -0.1) is 6.58 Å². The number of benzene rings is 3. The second kappa shape index (κ2) is 11.1. The highest BCUT2D eigenvalue weighted by Crippen LogP contribution is 2.37. The van der Waals surface area contributed by atoms with Gasteiger partial charge in [0.05, 0.1) is 23.2 Å². The van der Waals surface area contributed by atoms with Crippen LogP contribution < -0.4 is 10.5 Å². The fraction of sp³-hybridized carbons (Fsp3) is 0.161. The Kier molecular flexibility index (Phi) is 7.74. The van der Waals surface area contributed by atoms with Gasteiger partial charge in [0.1, 0.15) is 16.6 Å². The predicted molar refractivity (Wildman–Crippen MR) is 162 cm³/mol. The monoisotopic (exact) mass is 606 g/mol. The van der Waals surface area contributed by atoms with E-state index in [1.807, 2.05) is 12.3 Å². The molecule has 0 atom stereocenters. The lowest BCUT2D eigenvalue weighted by Gasteiger charge is -2.20. The van der Waals surface area contributed by atoms with Gasteiger partial charge in [0.2, 0.25) is 0 Å². The average Bonchev–Trinajstić information content (AvgIpc) is 3.60. The maximum absolute atomic E-state index is 16.0. The van der Waals surface area contributed by atoms with Crippen molar-refractivity contribution in [1.82, 2.24) is 13.8 Å². The number of aromatic nitrogens is 3. The number of rotatable bonds is 10. The van der Waals surface area contributed by atoms with E-state index in [4.69, 9.17) is 22.7 Å². The van der Waals surface area contributed by atoms with Gasteiger partial charge in [0.15, 0.2) is 11.6 Å². The number of thiocarbonyl (C=S) groups is 1. The smallest absolute Gasteiger partial charge is 0.268 e. The van der Waals surface area contributed by atoms with Gasteiger partial charge >= 0.3 is 0 Å². The molecule has 0 spiro atoms. The van der Waals surface area contributed by atoms with Crippen molar-refractivity contribution < 1.29 is 21.9 Å². The lowest BCUT2D eigenvalue weighted by Crippen LogP contribution is -2.15. The summed E-state index contributed by atoms with van der Waals surface area (Å²) in [4.78, 5) is -0.119. The molecule has 0 bridgehead atoms. The lowest BCUT2D eigenvalue weighted by molar-refractivity contribution is 0.433. The van der Waals surface area contributed by atoms with E-state index in [0.29, 0.717) is 17.4 Å². The maximum Gasteiger partial charge on any atom is 0.268 e. The topological polar surface area (TPSA) is 92.1 Å². The zero-order chi connectivity index (χ0) is 30.2. The third-order valence-electron chi connectivity index (χ3n) is 7.08. The Morgan fingerprint density at radius 1 is 1.12 bits per heavy atom. The molecule has 0 saturated heterocycles. The molecule has 0 aliphatic carbocycles. The molecule has 0 aliphatic rings. The van der Waals surface area contributed by atoms with Crippen molar-refractivity contribution in [2.75, 3.05) is 0 Å². The molecule has 2 N–H and O–H groups in total. The average molecular weight is 607 g/mol. The molecule has 0 saturated carbocycles. The van der Waals surface area contributed by atoms with Gasteiger partial charge < -0.3 is 10.5 Å². The lowest BCUT2D eigenvalue weighted by atomic mass is 9.84. The number of nitrogens with zero attached hydrogens (tertiary/aromatic N) is 3. The molecule has 2 aromatic heterocycles. The van der Waals surface area contributed by atoms with Crippen LogP contribution in [0.5, 0.6) is 11.5 Å². The summed E-state index contributed by atoms with van der Waals surface area (Å²) in [5.41, 5.74) is 6.77. The van der Waals surface area contributed by atoms with Crippen LogP contribution >= 0.6 is 12.2 Å². The van der Waals surface area contributed by atoms with Crippen molar-refractivity contribution >= 4 is 38.1 Å². The van der Waals surface area contributed by atoms with E-state index in [1.165, 1.54) is 30.5 Å². The molecule has 2 heterocycles. The van der Waals surface area contributed by atoms with Crippen molar-refractivity contribution in [2.45, 2.75) is 37.1 Å². The normalized spacial score (nSPS) is 12.0. The number of ether oxygens (including phenoxy) is 1. The van der Waals surface area contributed by atoms with E-state index in [2.05, 4.69) is 25.5 Å². The van der Waals surface area contributed by atoms with Crippen molar-refractivity contribution in [2.24, 2.45) is 5.73 Å². The van der Waals surface area contributed by atoms with Crippen LogP contribution in [-0.2, 0) is 22.0 Å². The van der Waals surface area contributed by atoms with Gasteiger partial charge in [-0.2, -0.15) is 5.10 Å². The highest BCUT2D eigenvalue weighted by atomic mass is 32.2. The number of hydrogen-bond donors (Lipinski definition) is 1. The fourth-order valence-electron chi connectivity index (χ4n) is 4.77. The summed E-state index contributed by atoms with van der Waals surface area (Å²) in [5.74, 6) is -1.52. The summed E-state index contributed by atoms with van der Waals surface area (Å²) in [6.45, 7) is 8.01. The van der Waals surface area contributed by atoms with Crippen LogP contribution in [0.4, 0.5) is 8.78 Å². The minimum Gasteiger partial charge on any atom is -0.454 e. The van der Waals surface area contributed by atoms with Crippen molar-refractivity contribution in [1.29, 1.82) is 0 Å². The number of nitrogens with two attached hydrogens (primary N) is 1. The molecule has 3 aromatic carbocycles. The first kappa shape index (κ1) is 29.2. The van der Waals surface area contributed by atoms with Crippen molar-refractivity contribution in [3.63, 3.8) is 0 Å². The first-order chi connectivity index (χ1) is 19.9. The minimum absolute atomic E-state index is 0.0481. The SMILES string of the molecule is C=CCC(C)(C)c1cnn(Cc2c(Oc3ccc(F)c(C(N)=S)c3)c(F)cc3c2ccn3S(=O)(=O)c2ccccc2)c1. The predicted octanol–water partition coefficient (Wildman–Crippen LogP) is 6.68. The molecule has 7 nitrogen and oxygen atoms in total. The molecule has 216 valence electrons. The van der Waals surface area contributed by atoms with E-state index in [9.17, 15) is 12.8 Å². The third-order valence-corrected chi connectivity index (χ3v) is 9.01. The molecule has 42 heavy (non-hydrogen) atoms. The Labute approximate surface area is 247 Å². The van der Waals surface area contributed by atoms with Gasteiger partial charge in [-0.05, 0) is 53.8 Å². The van der Waals surface area contributed by atoms with Crippen LogP contribution in [0.15, 0.2) is 96.8 Å². The molecule has 0 fully saturated rings. The fourth-order valence-corrected chi connectivity index (χ4v) is 6.29. The Balaban J connectivity index is 1.67. The molecule has 11 heteroatoms. The van der Waals surface area contributed by atoms with Crippen LogP contribution in [0.2, 0.25) is 0 Å². The van der Waals surface area contributed by atoms with Gasteiger partial charge in [0, 0.05) is 35.0 Å². The number of halogens is 2. The second-order valence-electron chi connectivity index (χ2n) is 10.4. The zero-order valence-corrected chi connectivity index (χ0v) is 24.6. The Bertz CT molecular complexity index is 1930. The van der Waals surface area contributed by atoms with Gasteiger partial charge in [-0.3, -0.25) is 4.68 Å². The highest BCUT2D eigenvalue weighted by Gasteiger charge is 2.26. The molecule has 0 aliphatic heterocycles. The third kappa shape index (κ3) is 5.45. The van der Waals surface area contributed by atoms with E-state index < -0.39 is 21.7 Å². The molecule has 0 unspecified atom stereocenters. The summed E-state index contributed by atoms with van der Waals surface area (Å²) >= 11 is 4.93. The Morgan fingerprint density at radius 2 is 1.86 bits per heavy atom. The number of allylic oxidation sites excluding steroid dienone is 1. The highest BCUT2D eigenvalue weighted by molar-refractivity contribution is 7.90. The Morgan fingerprint density at radius 3 is 2.55 bits per heavy atom. The van der Waals surface area contributed by atoms with Crippen LogP contribution in [-0.4, -0.2) is 27.2 Å². The standard InChI is InChI=1S/C31H28F2N4O3S2/c1-4-13-31(2,3)20-17-35-36(18-20)19-25-23-12-14-37(42(38,39)22-8-6-5-7-9-22)28(23)16-27(33)29(25)40-21-10-11-26(32)24(15-21)30(34)41/h4-12,14-18H,1,13,19H2,2-3H3,(H2,34,41). The van der Waals surface area contributed by atoms with Crippen LogP contribution in [0.1, 0.15) is 37.0 Å². The largest absolute Gasteiger partial charge is 0.454 e. The quantitative estimate of drug-likeness (QED) is 0.141. The van der Waals surface area contributed by atoms with Crippen LogP contribution in [0, 0.1) is 11.6 Å². The first-order valence-corrected chi connectivity index (χ1v) is 14.8. The van der Waals surface area contributed by atoms with Crippen LogP contribution in [0.3, 0.4) is 0 Å². The van der Waals surface area contributed by atoms with Gasteiger partial charge in [-0.25, -0.2) is 21.2 Å². The molecule has 5 aromatic rings. The Hall–Kier alpha value is -4.35. The van der Waals surface area contributed by atoms with E-state index in [-0.39, 0.29) is 44.4 Å². The van der Waals surface area contributed by atoms with E-state index in [0.717, 1.165) is 21.7 Å². The van der Waals surface area contributed by atoms with E-state index in [1.54, 1.807) is 35.1 Å². The molecular formula is C31H28F2N4O3S2. The number of fused-ring (bicyclic) bond motifs is 1. The van der Waals surface area contributed by atoms with Crippen molar-refractivity contribution in [3.8, 4) is 11.5 Å². The number of hydrogen-bond acceptors (Lipinski definition) is 5.